The van der Waals surface area contributed by atoms with E-state index in [1.54, 1.807) is 6.92 Å². The quantitative estimate of drug-likeness (QED) is 0.633. The Hall–Kier alpha value is -2.26. The molecule has 2 atom stereocenters. The first-order valence-electron chi connectivity index (χ1n) is 8.45. The van der Waals surface area contributed by atoms with Crippen molar-refractivity contribution in [2.24, 2.45) is 5.92 Å². The zero-order valence-electron chi connectivity index (χ0n) is 15.3. The average Bonchev–Trinajstić information content (AvgIpc) is 2.62. The molecule has 0 aliphatic carbocycles. The lowest BCUT2D eigenvalue weighted by molar-refractivity contribution is 0.0175. The molecule has 0 spiro atoms. The zero-order valence-corrected chi connectivity index (χ0v) is 16.1. The van der Waals surface area contributed by atoms with Crippen LogP contribution in [0.2, 0.25) is 0 Å². The van der Waals surface area contributed by atoms with Crippen LogP contribution in [0.5, 0.6) is 0 Å². The second-order valence-electron chi connectivity index (χ2n) is 6.63. The Labute approximate surface area is 157 Å². The van der Waals surface area contributed by atoms with Crippen LogP contribution in [0.15, 0.2) is 41.4 Å². The molecule has 0 saturated heterocycles. The van der Waals surface area contributed by atoms with Crippen LogP contribution in [-0.4, -0.2) is 30.7 Å². The lowest BCUT2D eigenvalue weighted by Gasteiger charge is -2.30. The number of rotatable bonds is 8. The highest BCUT2D eigenvalue weighted by Gasteiger charge is 2.26. The summed E-state index contributed by atoms with van der Waals surface area (Å²) in [5, 5.41) is 13.4. The highest BCUT2D eigenvalue weighted by molar-refractivity contribution is 7.92. The molecule has 0 fully saturated rings. The largest absolute Gasteiger partial charge is 0.388 e. The molecule has 9 heteroatoms. The summed E-state index contributed by atoms with van der Waals surface area (Å²) in [6, 6.07) is 5.51. The number of anilines is 2. The van der Waals surface area contributed by atoms with Gasteiger partial charge in [0.2, 0.25) is 0 Å². The molecule has 148 valence electrons. The van der Waals surface area contributed by atoms with Gasteiger partial charge in [0.15, 0.2) is 11.6 Å². The van der Waals surface area contributed by atoms with Gasteiger partial charge in [-0.05, 0) is 37.1 Å². The Balaban J connectivity index is 2.08. The maximum absolute atomic E-state index is 13.2. The maximum atomic E-state index is 13.2. The Kier molecular flexibility index (Phi) is 6.38. The average molecular weight is 399 g/mol. The Morgan fingerprint density at radius 3 is 2.48 bits per heavy atom. The highest BCUT2D eigenvalue weighted by atomic mass is 32.2. The van der Waals surface area contributed by atoms with Crippen molar-refractivity contribution in [1.82, 2.24) is 4.98 Å². The van der Waals surface area contributed by atoms with Gasteiger partial charge in [0.25, 0.3) is 10.0 Å². The molecule has 2 unspecified atom stereocenters. The van der Waals surface area contributed by atoms with Gasteiger partial charge in [-0.2, -0.15) is 0 Å². The van der Waals surface area contributed by atoms with E-state index in [0.717, 1.165) is 30.8 Å². The third-order valence-corrected chi connectivity index (χ3v) is 5.89. The molecule has 6 nitrogen and oxygen atoms in total. The zero-order chi connectivity index (χ0) is 20.2. The Morgan fingerprint density at radius 2 is 1.93 bits per heavy atom. The standard InChI is InChI=1S/C18H23F2N3O3S/c1-4-12(2)18(3,24)11-22-17-8-6-14(10-21-17)27(25,26)23-13-5-7-15(19)16(20)9-13/h5-10,12,23-24H,4,11H2,1-3H3,(H,21,22). The molecule has 0 radical (unpaired) electrons. The van der Waals surface area contributed by atoms with E-state index in [1.165, 1.54) is 12.1 Å². The molecule has 1 aromatic heterocycles. The van der Waals surface area contributed by atoms with Gasteiger partial charge in [-0.25, -0.2) is 22.2 Å². The van der Waals surface area contributed by atoms with Gasteiger partial charge >= 0.3 is 0 Å². The minimum atomic E-state index is -4.00. The van der Waals surface area contributed by atoms with Gasteiger partial charge in [0, 0.05) is 18.8 Å². The van der Waals surface area contributed by atoms with E-state index >= 15 is 0 Å². The topological polar surface area (TPSA) is 91.3 Å². The van der Waals surface area contributed by atoms with Crippen LogP contribution >= 0.6 is 0 Å². The molecule has 2 rings (SSSR count). The van der Waals surface area contributed by atoms with E-state index in [0.29, 0.717) is 5.82 Å². The smallest absolute Gasteiger partial charge is 0.263 e. The summed E-state index contributed by atoms with van der Waals surface area (Å²) >= 11 is 0. The van der Waals surface area contributed by atoms with Crippen molar-refractivity contribution in [3.8, 4) is 0 Å². The normalized spacial score (nSPS) is 15.0. The number of nitrogens with one attached hydrogen (secondary N) is 2. The first-order valence-corrected chi connectivity index (χ1v) is 9.93. The summed E-state index contributed by atoms with van der Waals surface area (Å²) in [7, 11) is -4.00. The number of pyridine rings is 1. The van der Waals surface area contributed by atoms with Crippen molar-refractivity contribution in [2.45, 2.75) is 37.7 Å². The first kappa shape index (κ1) is 21.0. The van der Waals surface area contributed by atoms with Gasteiger partial charge in [0.1, 0.15) is 10.7 Å². The molecule has 27 heavy (non-hydrogen) atoms. The lowest BCUT2D eigenvalue weighted by atomic mass is 9.89. The van der Waals surface area contributed by atoms with Crippen molar-refractivity contribution in [2.75, 3.05) is 16.6 Å². The molecule has 2 aromatic rings. The third kappa shape index (κ3) is 5.36. The molecule has 0 saturated carbocycles. The monoisotopic (exact) mass is 399 g/mol. The number of halogens is 2. The van der Waals surface area contributed by atoms with Crippen molar-refractivity contribution in [3.05, 3.63) is 48.2 Å². The van der Waals surface area contributed by atoms with Crippen LogP contribution in [0.3, 0.4) is 0 Å². The summed E-state index contributed by atoms with van der Waals surface area (Å²) in [4.78, 5) is 3.90. The van der Waals surface area contributed by atoms with Gasteiger partial charge in [-0.15, -0.1) is 0 Å². The fourth-order valence-electron chi connectivity index (χ4n) is 2.30. The van der Waals surface area contributed by atoms with E-state index in [1.807, 2.05) is 13.8 Å². The number of hydrogen-bond acceptors (Lipinski definition) is 5. The van der Waals surface area contributed by atoms with Crippen LogP contribution in [0.1, 0.15) is 27.2 Å². The fraction of sp³-hybridized carbons (Fsp3) is 0.389. The molecule has 0 aliphatic heterocycles. The second kappa shape index (κ2) is 8.18. The molecular formula is C18H23F2N3O3S. The van der Waals surface area contributed by atoms with Gasteiger partial charge < -0.3 is 10.4 Å². The first-order chi connectivity index (χ1) is 12.5. The Bertz CT molecular complexity index is 887. The summed E-state index contributed by atoms with van der Waals surface area (Å²) < 4.78 is 53.0. The number of benzene rings is 1. The summed E-state index contributed by atoms with van der Waals surface area (Å²) in [6.45, 7) is 5.90. The molecule has 1 heterocycles. The van der Waals surface area contributed by atoms with Crippen LogP contribution < -0.4 is 10.0 Å². The van der Waals surface area contributed by atoms with E-state index < -0.39 is 27.3 Å². The van der Waals surface area contributed by atoms with Crippen molar-refractivity contribution in [3.63, 3.8) is 0 Å². The molecule has 3 N–H and O–H groups in total. The van der Waals surface area contributed by atoms with E-state index in [-0.39, 0.29) is 23.0 Å². The summed E-state index contributed by atoms with van der Waals surface area (Å²) in [5.41, 5.74) is -1.03. The lowest BCUT2D eigenvalue weighted by Crippen LogP contribution is -2.40. The number of sulfonamides is 1. The minimum absolute atomic E-state index is 0.0740. The van der Waals surface area contributed by atoms with Crippen molar-refractivity contribution < 1.29 is 22.3 Å². The van der Waals surface area contributed by atoms with Crippen LogP contribution in [0.25, 0.3) is 0 Å². The SMILES string of the molecule is CCC(C)C(C)(O)CNc1ccc(S(=O)(=O)Nc2ccc(F)c(F)c2)cn1. The van der Waals surface area contributed by atoms with Crippen LogP contribution in [-0.2, 0) is 10.0 Å². The highest BCUT2D eigenvalue weighted by Crippen LogP contribution is 2.21. The van der Waals surface area contributed by atoms with E-state index in [4.69, 9.17) is 0 Å². The maximum Gasteiger partial charge on any atom is 0.263 e. The summed E-state index contributed by atoms with van der Waals surface area (Å²) in [6.07, 6.45) is 1.96. The third-order valence-electron chi connectivity index (χ3n) is 4.52. The number of aliphatic hydroxyl groups is 1. The predicted octanol–water partition coefficient (Wildman–Crippen LogP) is 3.37. The molecular weight excluding hydrogens is 376 g/mol. The van der Waals surface area contributed by atoms with Gasteiger partial charge in [0.05, 0.1) is 11.3 Å². The Morgan fingerprint density at radius 1 is 1.22 bits per heavy atom. The van der Waals surface area contributed by atoms with Gasteiger partial charge in [-0.3, -0.25) is 4.72 Å². The predicted molar refractivity (Wildman–Crippen MR) is 100.0 cm³/mol. The van der Waals surface area contributed by atoms with Crippen molar-refractivity contribution in [1.29, 1.82) is 0 Å². The second-order valence-corrected chi connectivity index (χ2v) is 8.32. The minimum Gasteiger partial charge on any atom is -0.388 e. The number of hydrogen-bond donors (Lipinski definition) is 3. The molecule has 1 aromatic carbocycles. The number of nitrogens with zero attached hydrogens (tertiary/aromatic N) is 1. The molecule has 0 aliphatic rings. The van der Waals surface area contributed by atoms with Crippen LogP contribution in [0, 0.1) is 17.6 Å². The van der Waals surface area contributed by atoms with E-state index in [2.05, 4.69) is 15.0 Å². The van der Waals surface area contributed by atoms with Crippen molar-refractivity contribution >= 4 is 21.5 Å². The molecule has 0 amide bonds. The van der Waals surface area contributed by atoms with E-state index in [9.17, 15) is 22.3 Å². The molecule has 0 bridgehead atoms. The summed E-state index contributed by atoms with van der Waals surface area (Å²) in [5.74, 6) is -1.74. The fourth-order valence-corrected chi connectivity index (χ4v) is 3.29. The van der Waals surface area contributed by atoms with Crippen LogP contribution in [0.4, 0.5) is 20.3 Å². The van der Waals surface area contributed by atoms with Gasteiger partial charge in [-0.1, -0.05) is 20.3 Å². The number of aromatic nitrogens is 1.